The van der Waals surface area contributed by atoms with Crippen LogP contribution in [0, 0.1) is 0 Å². The third-order valence-electron chi connectivity index (χ3n) is 9.16. The number of unbranched alkanes of at least 4 members (excludes halogenated alkanes) is 3. The Morgan fingerprint density at radius 1 is 0.821 bits per heavy atom. The van der Waals surface area contributed by atoms with Crippen LogP contribution in [0.5, 0.6) is 0 Å². The standard InChI is InChI=1S/C32H49N5O17P2/c33-52-55(45,48-18-23-26(40)28(42)30(49-23)37-13-11-24(38)36-32(37)44)54-56(46,53-34)51-31-29(43)27(41)25(39)22(50-31)16-35-12-5-1-2-6-14-47-17-19-9-10-20-7-3-4-8-21(20)15-19/h3-4,7-11,13,15,22-23,25-32,35,39-44H,1-2,5-6,12,14,16-18,33-34H2,(H,36,38)/t22?,23-,25+,26?,27?,28?,29?,30-,31-,32?,55?,56?/m1/s1. The molecule has 2 aromatic rings. The lowest BCUT2D eigenvalue weighted by Crippen LogP contribution is -2.60. The predicted molar refractivity (Wildman–Crippen MR) is 191 cm³/mol. The van der Waals surface area contributed by atoms with Crippen LogP contribution < -0.4 is 22.4 Å². The molecule has 2 fully saturated rings. The van der Waals surface area contributed by atoms with Crippen molar-refractivity contribution in [1.82, 2.24) is 15.5 Å². The summed E-state index contributed by atoms with van der Waals surface area (Å²) in [6.07, 6.45) is -11.2. The van der Waals surface area contributed by atoms with Gasteiger partial charge in [0.2, 0.25) is 12.3 Å². The van der Waals surface area contributed by atoms with Crippen LogP contribution in [-0.4, -0.2) is 129 Å². The zero-order chi connectivity index (χ0) is 40.5. The number of hydrogen-bond donors (Lipinski definition) is 10. The lowest BCUT2D eigenvalue weighted by atomic mass is 9.99. The van der Waals surface area contributed by atoms with Gasteiger partial charge >= 0.3 is 15.6 Å². The molecule has 0 aromatic heterocycles. The summed E-state index contributed by atoms with van der Waals surface area (Å²) in [6, 6.07) is 14.4. The van der Waals surface area contributed by atoms with Gasteiger partial charge in [-0.05, 0) is 41.8 Å². The Labute approximate surface area is 321 Å². The predicted octanol–water partition coefficient (Wildman–Crippen LogP) is -0.971. The van der Waals surface area contributed by atoms with Crippen molar-refractivity contribution in [2.45, 2.75) is 93.9 Å². The Hall–Kier alpha value is -2.51. The monoisotopic (exact) mass is 837 g/mol. The molecule has 12 atom stereocenters. The van der Waals surface area contributed by atoms with Gasteiger partial charge in [-0.1, -0.05) is 49.2 Å². The number of phosphoric acid groups is 2. The molecule has 2 aromatic carbocycles. The minimum atomic E-state index is -5.30. The van der Waals surface area contributed by atoms with Crippen LogP contribution in [0.4, 0.5) is 0 Å². The number of fused-ring (bicyclic) bond motifs is 1. The van der Waals surface area contributed by atoms with Crippen molar-refractivity contribution in [2.75, 3.05) is 26.3 Å². The van der Waals surface area contributed by atoms with E-state index in [1.165, 1.54) is 5.39 Å². The summed E-state index contributed by atoms with van der Waals surface area (Å²) in [7, 11) is -10.5. The van der Waals surface area contributed by atoms with Gasteiger partial charge in [0.25, 0.3) is 0 Å². The maximum atomic E-state index is 13.3. The number of carbonyl (C=O) groups excluding carboxylic acids is 1. The maximum absolute atomic E-state index is 13.3. The Balaban J connectivity index is 1.03. The van der Waals surface area contributed by atoms with Gasteiger partial charge in [-0.2, -0.15) is 4.31 Å². The van der Waals surface area contributed by atoms with E-state index in [0.29, 0.717) is 19.8 Å². The first-order valence-electron chi connectivity index (χ1n) is 17.7. The fourth-order valence-electron chi connectivity index (χ4n) is 6.12. The van der Waals surface area contributed by atoms with Crippen LogP contribution in [0.2, 0.25) is 0 Å². The number of amides is 1. The van der Waals surface area contributed by atoms with E-state index in [-0.39, 0.29) is 6.54 Å². The second-order valence-corrected chi connectivity index (χ2v) is 16.5. The maximum Gasteiger partial charge on any atom is 0.502 e. The van der Waals surface area contributed by atoms with E-state index < -0.39 is 89.8 Å². The molecule has 2 saturated heterocycles. The number of carbonyl (C=O) groups is 1. The van der Waals surface area contributed by atoms with Crippen molar-refractivity contribution in [3.63, 3.8) is 0 Å². The lowest BCUT2D eigenvalue weighted by molar-refractivity contribution is -0.274. The summed E-state index contributed by atoms with van der Waals surface area (Å²) in [6.45, 7) is 0.677. The summed E-state index contributed by atoms with van der Waals surface area (Å²) >= 11 is 0. The fourth-order valence-corrected chi connectivity index (χ4v) is 8.62. The highest BCUT2D eigenvalue weighted by Gasteiger charge is 2.52. The van der Waals surface area contributed by atoms with E-state index in [1.54, 1.807) is 0 Å². The van der Waals surface area contributed by atoms with E-state index in [9.17, 15) is 44.6 Å². The molecule has 1 amide bonds. The third-order valence-corrected chi connectivity index (χ3v) is 12.2. The summed E-state index contributed by atoms with van der Waals surface area (Å²) in [4.78, 5) is 12.4. The van der Waals surface area contributed by atoms with Gasteiger partial charge in [0.15, 0.2) is 12.5 Å². The van der Waals surface area contributed by atoms with Crippen molar-refractivity contribution < 1.29 is 81.4 Å². The van der Waals surface area contributed by atoms with Crippen molar-refractivity contribution in [3.8, 4) is 0 Å². The van der Waals surface area contributed by atoms with E-state index in [4.69, 9.17) is 39.4 Å². The highest BCUT2D eigenvalue weighted by molar-refractivity contribution is 7.62. The fraction of sp³-hybridized carbons (Fsp3) is 0.594. The largest absolute Gasteiger partial charge is 0.502 e. The van der Waals surface area contributed by atoms with E-state index >= 15 is 0 Å². The van der Waals surface area contributed by atoms with Crippen molar-refractivity contribution >= 4 is 32.3 Å². The van der Waals surface area contributed by atoms with Crippen LogP contribution in [0.15, 0.2) is 54.7 Å². The number of nitrogens with two attached hydrogens (primary N) is 2. The molecule has 0 radical (unpaired) electrons. The lowest BCUT2D eigenvalue weighted by Gasteiger charge is -2.40. The smallest absolute Gasteiger partial charge is 0.388 e. The molecule has 3 aliphatic rings. The number of ether oxygens (including phenoxy) is 3. The quantitative estimate of drug-likeness (QED) is 0.0411. The Bertz CT molecular complexity index is 1710. The molecule has 56 heavy (non-hydrogen) atoms. The van der Waals surface area contributed by atoms with Crippen LogP contribution in [0.25, 0.3) is 10.8 Å². The molecule has 24 heteroatoms. The molecule has 8 unspecified atom stereocenters. The summed E-state index contributed by atoms with van der Waals surface area (Å²) in [5.74, 6) is 9.54. The number of rotatable bonds is 21. The molecule has 0 spiro atoms. The molecular weight excluding hydrogens is 788 g/mol. The number of benzene rings is 2. The summed E-state index contributed by atoms with van der Waals surface area (Å²) in [5.41, 5.74) is 1.10. The van der Waals surface area contributed by atoms with Gasteiger partial charge in [0.05, 0.1) is 13.2 Å². The molecule has 3 heterocycles. The Morgan fingerprint density at radius 2 is 1.54 bits per heavy atom. The topological polar surface area (TPSA) is 326 Å². The zero-order valence-corrected chi connectivity index (χ0v) is 31.8. The van der Waals surface area contributed by atoms with E-state index in [2.05, 4.69) is 50.2 Å². The first kappa shape index (κ1) is 44.6. The molecule has 0 saturated carbocycles. The number of nitrogens with one attached hydrogen (secondary N) is 2. The molecule has 0 aliphatic carbocycles. The van der Waals surface area contributed by atoms with Gasteiger partial charge in [0, 0.05) is 25.4 Å². The average Bonchev–Trinajstić information content (AvgIpc) is 3.47. The van der Waals surface area contributed by atoms with Crippen LogP contribution in [0.3, 0.4) is 0 Å². The Morgan fingerprint density at radius 3 is 2.27 bits per heavy atom. The third kappa shape index (κ3) is 11.6. The molecular formula is C32H49N5O17P2. The van der Waals surface area contributed by atoms with E-state index in [0.717, 1.165) is 53.8 Å². The van der Waals surface area contributed by atoms with Crippen LogP contribution in [0.1, 0.15) is 31.2 Å². The van der Waals surface area contributed by atoms with Gasteiger partial charge in [-0.25, -0.2) is 30.2 Å². The Kier molecular flexibility index (Phi) is 16.3. The zero-order valence-electron chi connectivity index (χ0n) is 30.0. The van der Waals surface area contributed by atoms with Gasteiger partial charge in [-0.3, -0.25) is 13.8 Å². The molecule has 22 nitrogen and oxygen atoms in total. The second-order valence-electron chi connectivity index (χ2n) is 13.1. The number of aliphatic hydroxyl groups is 6. The molecule has 12 N–H and O–H groups in total. The average molecular weight is 838 g/mol. The SMILES string of the molecule is NOP(=O)(OC[C@H]1O[C@@H](N2C=CC(=O)NC2O)C(O)C1O)OP(=O)(ON)O[C@H]1OC(CNCCCCCCOCc2ccc3ccccc3c2)[C@H](O)C(O)C1O. The second kappa shape index (κ2) is 20.5. The first-order valence-corrected chi connectivity index (χ1v) is 20.6. The highest BCUT2D eigenvalue weighted by Crippen LogP contribution is 2.65. The van der Waals surface area contributed by atoms with Gasteiger partial charge in [0.1, 0.15) is 42.7 Å². The number of hydrogen-bond acceptors (Lipinski definition) is 21. The molecule has 3 aliphatic heterocycles. The molecule has 314 valence electrons. The van der Waals surface area contributed by atoms with Gasteiger partial charge < -0.3 is 60.4 Å². The first-order chi connectivity index (χ1) is 26.8. The van der Waals surface area contributed by atoms with Crippen molar-refractivity contribution in [2.24, 2.45) is 11.8 Å². The number of nitrogens with zero attached hydrogens (tertiary/aromatic N) is 1. The van der Waals surface area contributed by atoms with E-state index in [1.807, 2.05) is 12.1 Å². The minimum absolute atomic E-state index is 0.0466. The number of aliphatic hydroxyl groups excluding tert-OH is 6. The summed E-state index contributed by atoms with van der Waals surface area (Å²) in [5, 5.41) is 70.1. The molecule has 5 rings (SSSR count). The summed E-state index contributed by atoms with van der Waals surface area (Å²) < 4.78 is 66.7. The minimum Gasteiger partial charge on any atom is -0.388 e. The van der Waals surface area contributed by atoms with Crippen molar-refractivity contribution in [3.05, 3.63) is 60.3 Å². The van der Waals surface area contributed by atoms with Crippen molar-refractivity contribution in [1.29, 1.82) is 0 Å². The van der Waals surface area contributed by atoms with Crippen LogP contribution in [-0.2, 0) is 57.3 Å². The molecule has 0 bridgehead atoms. The van der Waals surface area contributed by atoms with Gasteiger partial charge in [-0.15, -0.1) is 0 Å². The normalized spacial score (nSPS) is 31.6. The highest BCUT2D eigenvalue weighted by atomic mass is 31.3. The van der Waals surface area contributed by atoms with Crippen LogP contribution >= 0.6 is 15.6 Å².